The molecule has 2 aromatic carbocycles. The van der Waals surface area contributed by atoms with Crippen molar-refractivity contribution in [3.05, 3.63) is 72.1 Å². The molecule has 0 aliphatic rings. The fraction of sp³-hybridized carbons (Fsp3) is 0.333. The third-order valence-corrected chi connectivity index (χ3v) is 8.26. The maximum absolute atomic E-state index is 13.8. The quantitative estimate of drug-likeness (QED) is 0.0931. The first-order chi connectivity index (χ1) is 20.7. The molecule has 0 fully saturated rings. The van der Waals surface area contributed by atoms with Gasteiger partial charge in [0.2, 0.25) is 17.7 Å². The molecule has 0 saturated heterocycles. The number of nitrogens with two attached hydrogens (primary N) is 1. The SMILES string of the molecule is CSCCC(NC(=O)C(Cc1c[nH]c2ccccc12)NC(=O)C(Cc1c[nH]c2ccccc12)NC(=O)C(N)CS)C(=O)O. The van der Waals surface area contributed by atoms with E-state index in [4.69, 9.17) is 5.73 Å². The van der Waals surface area contributed by atoms with Gasteiger partial charge in [0.05, 0.1) is 6.04 Å². The van der Waals surface area contributed by atoms with E-state index in [1.807, 2.05) is 54.8 Å². The largest absolute Gasteiger partial charge is 0.480 e. The zero-order valence-corrected chi connectivity index (χ0v) is 25.3. The number of amides is 3. The molecule has 8 N–H and O–H groups in total. The normalized spacial score (nSPS) is 14.1. The van der Waals surface area contributed by atoms with Gasteiger partial charge >= 0.3 is 5.97 Å². The number of hydrogen-bond donors (Lipinski definition) is 8. The first-order valence-electron chi connectivity index (χ1n) is 13.8. The number of carboxylic acid groups (broad SMARTS) is 1. The van der Waals surface area contributed by atoms with Crippen molar-refractivity contribution in [1.29, 1.82) is 0 Å². The Labute approximate surface area is 258 Å². The molecule has 0 spiro atoms. The van der Waals surface area contributed by atoms with Gasteiger partial charge in [-0.2, -0.15) is 24.4 Å². The molecule has 43 heavy (non-hydrogen) atoms. The molecule has 0 aliphatic heterocycles. The number of thioether (sulfide) groups is 1. The molecule has 13 heteroatoms. The van der Waals surface area contributed by atoms with Crippen LogP contribution in [0.5, 0.6) is 0 Å². The van der Waals surface area contributed by atoms with Crippen LogP contribution in [0.4, 0.5) is 0 Å². The second kappa shape index (κ2) is 15.0. The number of carbonyl (C=O) groups excluding carboxylic acids is 3. The van der Waals surface area contributed by atoms with Gasteiger partial charge in [-0.3, -0.25) is 14.4 Å². The number of nitrogens with one attached hydrogen (secondary N) is 5. The van der Waals surface area contributed by atoms with Crippen LogP contribution in [0.15, 0.2) is 60.9 Å². The Morgan fingerprint density at radius 3 is 1.74 bits per heavy atom. The smallest absolute Gasteiger partial charge is 0.326 e. The lowest BCUT2D eigenvalue weighted by Gasteiger charge is -2.25. The van der Waals surface area contributed by atoms with E-state index in [1.165, 1.54) is 11.8 Å². The van der Waals surface area contributed by atoms with E-state index >= 15 is 0 Å². The lowest BCUT2D eigenvalue weighted by atomic mass is 10.0. The highest BCUT2D eigenvalue weighted by Crippen LogP contribution is 2.21. The Bertz CT molecular complexity index is 1590. The summed E-state index contributed by atoms with van der Waals surface area (Å²) in [6.45, 7) is 0. The van der Waals surface area contributed by atoms with Crippen LogP contribution in [0.25, 0.3) is 21.8 Å². The number of aromatic amines is 2. The number of carboxylic acids is 1. The monoisotopic (exact) mass is 624 g/mol. The van der Waals surface area contributed by atoms with Crippen molar-refractivity contribution in [3.8, 4) is 0 Å². The Morgan fingerprint density at radius 2 is 1.28 bits per heavy atom. The summed E-state index contributed by atoms with van der Waals surface area (Å²) in [5, 5.41) is 19.6. The van der Waals surface area contributed by atoms with Crippen LogP contribution in [0, 0.1) is 0 Å². The van der Waals surface area contributed by atoms with E-state index in [-0.39, 0.29) is 25.0 Å². The highest BCUT2D eigenvalue weighted by Gasteiger charge is 2.31. The second-order valence-electron chi connectivity index (χ2n) is 10.2. The minimum atomic E-state index is -1.16. The van der Waals surface area contributed by atoms with E-state index in [1.54, 1.807) is 12.4 Å². The summed E-state index contributed by atoms with van der Waals surface area (Å²) in [6.07, 6.45) is 5.80. The molecule has 0 bridgehead atoms. The van der Waals surface area contributed by atoms with E-state index in [9.17, 15) is 24.3 Å². The van der Waals surface area contributed by atoms with Crippen molar-refractivity contribution >= 4 is 69.9 Å². The van der Waals surface area contributed by atoms with E-state index in [0.717, 1.165) is 32.9 Å². The zero-order chi connectivity index (χ0) is 30.9. The van der Waals surface area contributed by atoms with E-state index in [2.05, 4.69) is 38.5 Å². The van der Waals surface area contributed by atoms with Crippen molar-refractivity contribution in [2.24, 2.45) is 5.73 Å². The van der Waals surface area contributed by atoms with Crippen molar-refractivity contribution in [3.63, 3.8) is 0 Å². The van der Waals surface area contributed by atoms with Crippen LogP contribution in [0.1, 0.15) is 17.5 Å². The third kappa shape index (κ3) is 8.12. The van der Waals surface area contributed by atoms with Crippen molar-refractivity contribution in [2.75, 3.05) is 17.8 Å². The molecule has 4 unspecified atom stereocenters. The van der Waals surface area contributed by atoms with Gasteiger partial charge in [-0.05, 0) is 41.7 Å². The van der Waals surface area contributed by atoms with E-state index < -0.39 is 47.9 Å². The van der Waals surface area contributed by atoms with Crippen LogP contribution in [0.3, 0.4) is 0 Å². The van der Waals surface area contributed by atoms with Crippen LogP contribution in [-0.4, -0.2) is 80.7 Å². The standard InChI is InChI=1S/C30H36N6O5S2/c1-43-11-10-24(30(40)41)34-28(38)26(13-18-15-33-23-9-5-3-7-20(18)23)36-29(39)25(35-27(37)21(31)16-42)12-17-14-32-22-8-4-2-6-19(17)22/h2-9,14-15,21,24-26,32-33,42H,10-13,16,31H2,1H3,(H,34,38)(H,35,37)(H,36,39)(H,40,41). The number of H-pyrrole nitrogens is 2. The molecular formula is C30H36N6O5S2. The summed E-state index contributed by atoms with van der Waals surface area (Å²) in [6, 6.07) is 10.8. The average molecular weight is 625 g/mol. The first kappa shape index (κ1) is 32.0. The molecule has 228 valence electrons. The van der Waals surface area contributed by atoms with Crippen LogP contribution >= 0.6 is 24.4 Å². The highest BCUT2D eigenvalue weighted by atomic mass is 32.2. The van der Waals surface area contributed by atoms with Gasteiger partial charge in [-0.1, -0.05) is 36.4 Å². The molecule has 2 aromatic heterocycles. The molecule has 0 saturated carbocycles. The molecule has 3 amide bonds. The predicted molar refractivity (Wildman–Crippen MR) is 172 cm³/mol. The van der Waals surface area contributed by atoms with Gasteiger partial charge in [0.15, 0.2) is 0 Å². The lowest BCUT2D eigenvalue weighted by Crippen LogP contribution is -2.58. The highest BCUT2D eigenvalue weighted by molar-refractivity contribution is 7.98. The van der Waals surface area contributed by atoms with Crippen molar-refractivity contribution < 1.29 is 24.3 Å². The fourth-order valence-electron chi connectivity index (χ4n) is 4.86. The Morgan fingerprint density at radius 1 is 0.814 bits per heavy atom. The maximum atomic E-state index is 13.8. The number of carbonyl (C=O) groups is 4. The fourth-order valence-corrected chi connectivity index (χ4v) is 5.50. The molecule has 0 aliphatic carbocycles. The van der Waals surface area contributed by atoms with Crippen LogP contribution in [-0.2, 0) is 32.0 Å². The Balaban J connectivity index is 1.63. The number of rotatable bonds is 15. The number of fused-ring (bicyclic) bond motifs is 2. The summed E-state index contributed by atoms with van der Waals surface area (Å²) < 4.78 is 0. The molecule has 11 nitrogen and oxygen atoms in total. The molecule has 4 atom stereocenters. The number of aliphatic carboxylic acids is 1. The summed E-state index contributed by atoms with van der Waals surface area (Å²) in [4.78, 5) is 58.5. The summed E-state index contributed by atoms with van der Waals surface area (Å²) in [5.74, 6) is -2.37. The van der Waals surface area contributed by atoms with Gasteiger partial charge in [0, 0.05) is 52.8 Å². The average Bonchev–Trinajstić information content (AvgIpc) is 3.61. The maximum Gasteiger partial charge on any atom is 0.326 e. The molecule has 2 heterocycles. The molecule has 4 rings (SSSR count). The van der Waals surface area contributed by atoms with Crippen LogP contribution in [0.2, 0.25) is 0 Å². The van der Waals surface area contributed by atoms with Crippen LogP contribution < -0.4 is 21.7 Å². The summed E-state index contributed by atoms with van der Waals surface area (Å²) >= 11 is 5.57. The second-order valence-corrected chi connectivity index (χ2v) is 11.6. The Kier molecular flexibility index (Phi) is 11.1. The number of hydrogen-bond acceptors (Lipinski definition) is 7. The van der Waals surface area contributed by atoms with Crippen molar-refractivity contribution in [1.82, 2.24) is 25.9 Å². The molecular weight excluding hydrogens is 589 g/mol. The van der Waals surface area contributed by atoms with E-state index in [0.29, 0.717) is 5.75 Å². The Hall–Kier alpha value is -3.94. The number of aromatic nitrogens is 2. The van der Waals surface area contributed by atoms with Gasteiger partial charge in [-0.15, -0.1) is 0 Å². The summed E-state index contributed by atoms with van der Waals surface area (Å²) in [7, 11) is 0. The number of benzene rings is 2. The van der Waals surface area contributed by atoms with Gasteiger partial charge in [-0.25, -0.2) is 4.79 Å². The first-order valence-corrected chi connectivity index (χ1v) is 15.8. The summed E-state index contributed by atoms with van der Waals surface area (Å²) in [5.41, 5.74) is 9.18. The molecule has 0 radical (unpaired) electrons. The molecule has 4 aromatic rings. The van der Waals surface area contributed by atoms with Gasteiger partial charge < -0.3 is 36.8 Å². The van der Waals surface area contributed by atoms with Gasteiger partial charge in [0.25, 0.3) is 0 Å². The third-order valence-electron chi connectivity index (χ3n) is 7.22. The minimum Gasteiger partial charge on any atom is -0.480 e. The van der Waals surface area contributed by atoms with Gasteiger partial charge in [0.1, 0.15) is 18.1 Å². The topological polar surface area (TPSA) is 182 Å². The number of para-hydroxylation sites is 2. The predicted octanol–water partition coefficient (Wildman–Crippen LogP) is 1.98. The minimum absolute atomic E-state index is 0.0749. The number of thiol groups is 1. The lowest BCUT2D eigenvalue weighted by molar-refractivity contribution is -0.142. The van der Waals surface area contributed by atoms with Crippen molar-refractivity contribution in [2.45, 2.75) is 43.4 Å². The zero-order valence-electron chi connectivity index (χ0n) is 23.6.